The van der Waals surface area contributed by atoms with Gasteiger partial charge in [0, 0.05) is 7.05 Å². The van der Waals surface area contributed by atoms with Crippen LogP contribution in [0.3, 0.4) is 0 Å². The van der Waals surface area contributed by atoms with Crippen molar-refractivity contribution in [1.82, 2.24) is 4.74 Å². The number of aryl methyl sites for hydroxylation is 1. The molecule has 0 fully saturated rings. The summed E-state index contributed by atoms with van der Waals surface area (Å²) in [6.07, 6.45) is 0. The van der Waals surface area contributed by atoms with Crippen molar-refractivity contribution in [3.63, 3.8) is 0 Å². The van der Waals surface area contributed by atoms with Crippen molar-refractivity contribution in [3.8, 4) is 11.1 Å². The summed E-state index contributed by atoms with van der Waals surface area (Å²) in [7, 11) is 1.40. The second-order valence-electron chi connectivity index (χ2n) is 4.68. The highest BCUT2D eigenvalue weighted by atomic mass is 16.5. The first-order valence-corrected chi connectivity index (χ1v) is 5.95. The maximum atomic E-state index is 11.7. The van der Waals surface area contributed by atoms with Gasteiger partial charge in [-0.3, -0.25) is 0 Å². The van der Waals surface area contributed by atoms with Gasteiger partial charge in [0.15, 0.2) is 5.69 Å². The van der Waals surface area contributed by atoms with Crippen LogP contribution in [0.1, 0.15) is 35.8 Å². The molecule has 0 spiro atoms. The lowest BCUT2D eigenvalue weighted by atomic mass is 9.99. The Bertz CT molecular complexity index is 662. The fourth-order valence-corrected chi connectivity index (χ4v) is 2.00. The minimum atomic E-state index is -1.18. The van der Waals surface area contributed by atoms with E-state index in [0.29, 0.717) is 11.5 Å². The number of nitrogens with zero attached hydrogens (tertiary/aromatic N) is 1. The Morgan fingerprint density at radius 2 is 1.84 bits per heavy atom. The van der Waals surface area contributed by atoms with E-state index in [0.717, 1.165) is 10.3 Å². The van der Waals surface area contributed by atoms with E-state index in [2.05, 4.69) is 13.8 Å². The zero-order chi connectivity index (χ0) is 14.2. The van der Waals surface area contributed by atoms with Crippen LogP contribution in [0, 0.1) is 0 Å². The van der Waals surface area contributed by atoms with Crippen molar-refractivity contribution in [2.75, 3.05) is 0 Å². The van der Waals surface area contributed by atoms with Crippen LogP contribution >= 0.6 is 0 Å². The lowest BCUT2D eigenvalue weighted by Crippen LogP contribution is -2.06. The van der Waals surface area contributed by atoms with E-state index in [1.54, 1.807) is 12.1 Å². The molecule has 0 aliphatic carbocycles. The van der Waals surface area contributed by atoms with Gasteiger partial charge < -0.3 is 9.63 Å². The van der Waals surface area contributed by atoms with Gasteiger partial charge in [-0.15, -0.1) is 0 Å². The molecule has 0 atom stereocenters. The van der Waals surface area contributed by atoms with Gasteiger partial charge in [-0.05, 0) is 17.0 Å². The maximum Gasteiger partial charge on any atom is 0.366 e. The van der Waals surface area contributed by atoms with Crippen molar-refractivity contribution in [2.24, 2.45) is 7.05 Å². The van der Waals surface area contributed by atoms with E-state index < -0.39 is 11.6 Å². The molecule has 1 aromatic heterocycles. The van der Waals surface area contributed by atoms with Crippen LogP contribution in [0.2, 0.25) is 0 Å². The average Bonchev–Trinajstić information content (AvgIpc) is 2.64. The van der Waals surface area contributed by atoms with Crippen LogP contribution in [0.4, 0.5) is 0 Å². The highest BCUT2D eigenvalue weighted by Gasteiger charge is 2.22. The maximum absolute atomic E-state index is 11.7. The monoisotopic (exact) mass is 261 g/mol. The van der Waals surface area contributed by atoms with Gasteiger partial charge in [0.05, 0.1) is 0 Å². The molecule has 5 nitrogen and oxygen atoms in total. The first-order chi connectivity index (χ1) is 8.91. The van der Waals surface area contributed by atoms with Crippen LogP contribution in [0.5, 0.6) is 0 Å². The van der Waals surface area contributed by atoms with Gasteiger partial charge in [-0.25, -0.2) is 14.3 Å². The number of rotatable bonds is 3. The largest absolute Gasteiger partial charge is 0.476 e. The Hall–Kier alpha value is -2.30. The van der Waals surface area contributed by atoms with Crippen LogP contribution in [-0.2, 0) is 7.05 Å². The zero-order valence-electron chi connectivity index (χ0n) is 11.0. The quantitative estimate of drug-likeness (QED) is 0.921. The van der Waals surface area contributed by atoms with Crippen molar-refractivity contribution in [1.29, 1.82) is 0 Å². The van der Waals surface area contributed by atoms with E-state index in [-0.39, 0.29) is 11.3 Å². The molecule has 1 heterocycles. The third-order valence-corrected chi connectivity index (χ3v) is 3.04. The topological polar surface area (TPSA) is 72.4 Å². The fraction of sp³-hybridized carbons (Fsp3) is 0.286. The summed E-state index contributed by atoms with van der Waals surface area (Å²) in [5, 5.41) is 9.14. The molecule has 0 bridgehead atoms. The molecule has 0 amide bonds. The molecule has 100 valence electrons. The van der Waals surface area contributed by atoms with Crippen molar-refractivity contribution in [2.45, 2.75) is 19.8 Å². The molecule has 1 N–H and O–H groups in total. The fourth-order valence-electron chi connectivity index (χ4n) is 2.00. The molecule has 0 saturated carbocycles. The molecule has 2 rings (SSSR count). The lowest BCUT2D eigenvalue weighted by molar-refractivity contribution is 0.0673. The van der Waals surface area contributed by atoms with E-state index in [4.69, 9.17) is 9.63 Å². The zero-order valence-corrected chi connectivity index (χ0v) is 11.0. The summed E-state index contributed by atoms with van der Waals surface area (Å²) in [5.41, 5.74) is 0.988. The number of carboxylic acid groups (broad SMARTS) is 1. The Morgan fingerprint density at radius 1 is 1.26 bits per heavy atom. The van der Waals surface area contributed by atoms with E-state index in [9.17, 15) is 9.59 Å². The standard InChI is InChI=1S/C14H15NO4/c1-8(2)9-4-6-10(7-5-9)11-12(13(16)17)15(3)19-14(11)18/h4-8H,1-3H3,(H,16,17). The summed E-state index contributed by atoms with van der Waals surface area (Å²) in [4.78, 5) is 22.9. The molecule has 19 heavy (non-hydrogen) atoms. The molecule has 0 aliphatic heterocycles. The van der Waals surface area contributed by atoms with E-state index in [1.165, 1.54) is 7.05 Å². The van der Waals surface area contributed by atoms with Crippen molar-refractivity contribution in [3.05, 3.63) is 45.9 Å². The normalized spacial score (nSPS) is 10.9. The number of aromatic nitrogens is 1. The average molecular weight is 261 g/mol. The highest BCUT2D eigenvalue weighted by molar-refractivity contribution is 5.93. The molecule has 2 aromatic rings. The first-order valence-electron chi connectivity index (χ1n) is 5.95. The number of hydrogen-bond donors (Lipinski definition) is 1. The Morgan fingerprint density at radius 3 is 2.32 bits per heavy atom. The molecule has 1 aromatic carbocycles. The van der Waals surface area contributed by atoms with Crippen molar-refractivity contribution >= 4 is 5.97 Å². The van der Waals surface area contributed by atoms with Gasteiger partial charge in [0.2, 0.25) is 0 Å². The predicted octanol–water partition coefficient (Wildman–Crippen LogP) is 2.47. The van der Waals surface area contributed by atoms with Crippen LogP contribution in [-0.4, -0.2) is 15.8 Å². The number of carboxylic acids is 1. The Labute approximate surface area is 110 Å². The van der Waals surface area contributed by atoms with Gasteiger partial charge in [0.25, 0.3) is 0 Å². The highest BCUT2D eigenvalue weighted by Crippen LogP contribution is 2.23. The summed E-state index contributed by atoms with van der Waals surface area (Å²) in [6.45, 7) is 4.13. The molecule has 0 aliphatic rings. The number of carbonyl (C=O) groups is 1. The molecular weight excluding hydrogens is 246 g/mol. The van der Waals surface area contributed by atoms with Crippen LogP contribution in [0.15, 0.2) is 33.6 Å². The number of aromatic carboxylic acids is 1. The third kappa shape index (κ3) is 2.31. The summed E-state index contributed by atoms with van der Waals surface area (Å²) < 4.78 is 5.80. The van der Waals surface area contributed by atoms with Gasteiger partial charge >= 0.3 is 11.6 Å². The molecular formula is C14H15NO4. The van der Waals surface area contributed by atoms with Gasteiger partial charge in [0.1, 0.15) is 5.56 Å². The third-order valence-electron chi connectivity index (χ3n) is 3.04. The lowest BCUT2D eigenvalue weighted by Gasteiger charge is -2.06. The van der Waals surface area contributed by atoms with Gasteiger partial charge in [-0.1, -0.05) is 38.1 Å². The summed E-state index contributed by atoms with van der Waals surface area (Å²) in [5.74, 6) is -0.809. The predicted molar refractivity (Wildman–Crippen MR) is 70.4 cm³/mol. The second-order valence-corrected chi connectivity index (χ2v) is 4.68. The van der Waals surface area contributed by atoms with E-state index in [1.807, 2.05) is 12.1 Å². The minimum Gasteiger partial charge on any atom is -0.476 e. The molecule has 0 unspecified atom stereocenters. The SMILES string of the molecule is CC(C)c1ccc(-c2c(C(=O)O)n(C)oc2=O)cc1. The number of benzene rings is 1. The van der Waals surface area contributed by atoms with Gasteiger partial charge in [-0.2, -0.15) is 0 Å². The first kappa shape index (κ1) is 13.1. The second kappa shape index (κ2) is 4.76. The molecule has 5 heteroatoms. The molecule has 0 saturated heterocycles. The van der Waals surface area contributed by atoms with Crippen LogP contribution < -0.4 is 5.63 Å². The van der Waals surface area contributed by atoms with Crippen molar-refractivity contribution < 1.29 is 14.4 Å². The smallest absolute Gasteiger partial charge is 0.366 e. The minimum absolute atomic E-state index is 0.0882. The molecule has 0 radical (unpaired) electrons. The summed E-state index contributed by atoms with van der Waals surface area (Å²) >= 11 is 0. The Kier molecular flexibility index (Phi) is 3.29. The van der Waals surface area contributed by atoms with Crippen LogP contribution in [0.25, 0.3) is 11.1 Å². The Balaban J connectivity index is 2.59. The number of hydrogen-bond acceptors (Lipinski definition) is 3. The summed E-state index contributed by atoms with van der Waals surface area (Å²) in [6, 6.07) is 7.26. The van der Waals surface area contributed by atoms with E-state index >= 15 is 0 Å².